The number of sulfonamides is 1. The van der Waals surface area contributed by atoms with Crippen LogP contribution < -0.4 is 10.5 Å². The van der Waals surface area contributed by atoms with Crippen LogP contribution in [0.2, 0.25) is 0 Å². The Morgan fingerprint density at radius 2 is 2.19 bits per heavy atom. The molecule has 0 fully saturated rings. The van der Waals surface area contributed by atoms with Gasteiger partial charge in [0.25, 0.3) is 10.0 Å². The van der Waals surface area contributed by atoms with E-state index in [1.165, 1.54) is 11.3 Å². The average Bonchev–Trinajstić information content (AvgIpc) is 2.45. The molecule has 94 valence electrons. The fourth-order valence-corrected chi connectivity index (χ4v) is 5.04. The third kappa shape index (κ3) is 3.97. The molecular weight excluding hydrogens is 336 g/mol. The lowest BCUT2D eigenvalue weighted by Crippen LogP contribution is -2.37. The molecular formula is C8H14BrClN2O2S2. The summed E-state index contributed by atoms with van der Waals surface area (Å²) in [6.07, 6.45) is 0. The van der Waals surface area contributed by atoms with Gasteiger partial charge in [-0.2, -0.15) is 0 Å². The van der Waals surface area contributed by atoms with Crippen molar-refractivity contribution in [3.63, 3.8) is 0 Å². The van der Waals surface area contributed by atoms with E-state index in [-0.39, 0.29) is 25.0 Å². The highest BCUT2D eigenvalue weighted by molar-refractivity contribution is 9.10. The van der Waals surface area contributed by atoms with Crippen molar-refractivity contribution in [1.82, 2.24) is 4.72 Å². The second kappa shape index (κ2) is 6.32. The van der Waals surface area contributed by atoms with Crippen molar-refractivity contribution in [1.29, 1.82) is 0 Å². The van der Waals surface area contributed by atoms with E-state index >= 15 is 0 Å². The number of aryl methyl sites for hydroxylation is 1. The van der Waals surface area contributed by atoms with Gasteiger partial charge in [0.2, 0.25) is 0 Å². The first-order valence-corrected chi connectivity index (χ1v) is 7.44. The Hall–Kier alpha value is 0.340. The third-order valence-corrected chi connectivity index (χ3v) is 6.06. The van der Waals surface area contributed by atoms with Gasteiger partial charge in [0, 0.05) is 21.9 Å². The highest BCUT2D eigenvalue weighted by Crippen LogP contribution is 2.30. The minimum absolute atomic E-state index is 0. The monoisotopic (exact) mass is 348 g/mol. The van der Waals surface area contributed by atoms with Gasteiger partial charge >= 0.3 is 0 Å². The van der Waals surface area contributed by atoms with Crippen molar-refractivity contribution in [2.75, 3.05) is 6.54 Å². The third-order valence-electron chi connectivity index (χ3n) is 1.73. The van der Waals surface area contributed by atoms with E-state index in [9.17, 15) is 8.42 Å². The normalized spacial score (nSPS) is 13.2. The number of thiophene rings is 1. The molecule has 1 atom stereocenters. The van der Waals surface area contributed by atoms with Crippen molar-refractivity contribution in [2.45, 2.75) is 24.1 Å². The zero-order valence-electron chi connectivity index (χ0n) is 8.86. The molecule has 1 aromatic heterocycles. The smallest absolute Gasteiger partial charge is 0.251 e. The molecule has 0 aliphatic rings. The van der Waals surface area contributed by atoms with Gasteiger partial charge in [0.05, 0.1) is 0 Å². The van der Waals surface area contributed by atoms with Gasteiger partial charge < -0.3 is 5.73 Å². The molecule has 0 unspecified atom stereocenters. The van der Waals surface area contributed by atoms with E-state index in [2.05, 4.69) is 20.7 Å². The molecule has 0 saturated heterocycles. The number of nitrogens with one attached hydrogen (secondary N) is 1. The topological polar surface area (TPSA) is 72.2 Å². The summed E-state index contributed by atoms with van der Waals surface area (Å²) in [4.78, 5) is 0.947. The lowest BCUT2D eigenvalue weighted by Gasteiger charge is -2.10. The van der Waals surface area contributed by atoms with Crippen LogP contribution in [-0.2, 0) is 10.0 Å². The van der Waals surface area contributed by atoms with Gasteiger partial charge in [-0.15, -0.1) is 23.7 Å². The zero-order chi connectivity index (χ0) is 11.6. The Labute approximate surface area is 114 Å². The Morgan fingerprint density at radius 1 is 1.62 bits per heavy atom. The van der Waals surface area contributed by atoms with Gasteiger partial charge in [-0.25, -0.2) is 13.1 Å². The summed E-state index contributed by atoms with van der Waals surface area (Å²) in [5, 5.41) is 0. The van der Waals surface area contributed by atoms with E-state index in [1.54, 1.807) is 13.0 Å². The van der Waals surface area contributed by atoms with Crippen molar-refractivity contribution in [3.05, 3.63) is 15.4 Å². The van der Waals surface area contributed by atoms with Crippen LogP contribution in [0.5, 0.6) is 0 Å². The van der Waals surface area contributed by atoms with Crippen LogP contribution in [0, 0.1) is 6.92 Å². The fourth-order valence-electron chi connectivity index (χ4n) is 1.01. The Bertz CT molecular complexity index is 447. The molecule has 3 N–H and O–H groups in total. The molecule has 0 aromatic carbocycles. The molecule has 16 heavy (non-hydrogen) atoms. The second-order valence-electron chi connectivity index (χ2n) is 3.25. The van der Waals surface area contributed by atoms with Gasteiger partial charge in [-0.3, -0.25) is 0 Å². The number of rotatable bonds is 4. The molecule has 0 amide bonds. The highest BCUT2D eigenvalue weighted by Gasteiger charge is 2.21. The lowest BCUT2D eigenvalue weighted by atomic mass is 10.4. The van der Waals surface area contributed by atoms with E-state index in [4.69, 9.17) is 5.73 Å². The molecule has 0 bridgehead atoms. The summed E-state index contributed by atoms with van der Waals surface area (Å²) in [6, 6.07) is 1.52. The Morgan fingerprint density at radius 3 is 2.56 bits per heavy atom. The van der Waals surface area contributed by atoms with Crippen molar-refractivity contribution in [3.8, 4) is 0 Å². The number of hydrogen-bond donors (Lipinski definition) is 2. The Kier molecular flexibility index (Phi) is 6.45. The quantitative estimate of drug-likeness (QED) is 0.871. The molecule has 1 rings (SSSR count). The van der Waals surface area contributed by atoms with Crippen LogP contribution >= 0.6 is 39.7 Å². The first-order valence-electron chi connectivity index (χ1n) is 4.35. The number of halogens is 2. The van der Waals surface area contributed by atoms with Crippen molar-refractivity contribution in [2.24, 2.45) is 5.73 Å². The molecule has 0 spiro atoms. The molecule has 1 heterocycles. The summed E-state index contributed by atoms with van der Waals surface area (Å²) < 4.78 is 27.1. The van der Waals surface area contributed by atoms with Crippen LogP contribution in [0.25, 0.3) is 0 Å². The molecule has 1 aromatic rings. The SMILES string of the molecule is Cc1cc(Br)c(S(=O)(=O)N[C@@H](C)CN)s1.Cl. The highest BCUT2D eigenvalue weighted by atomic mass is 79.9. The largest absolute Gasteiger partial charge is 0.329 e. The number of hydrogen-bond acceptors (Lipinski definition) is 4. The van der Waals surface area contributed by atoms with Crippen molar-refractivity contribution >= 4 is 49.7 Å². The van der Waals surface area contributed by atoms with E-state index in [0.717, 1.165) is 4.88 Å². The maximum atomic E-state index is 11.8. The van der Waals surface area contributed by atoms with Crippen molar-refractivity contribution < 1.29 is 8.42 Å². The maximum absolute atomic E-state index is 11.8. The molecule has 0 saturated carbocycles. The molecule has 8 heteroatoms. The standard InChI is InChI=1S/C8H13BrN2O2S2.ClH/c1-5(4-10)11-15(12,13)8-7(9)3-6(2)14-8;/h3,5,11H,4,10H2,1-2H3;1H/t5-;/m0./s1. The first-order chi connectivity index (χ1) is 6.86. The van der Waals surface area contributed by atoms with E-state index in [1.807, 2.05) is 6.92 Å². The predicted octanol–water partition coefficient (Wildman–Crippen LogP) is 1.87. The molecule has 0 radical (unpaired) electrons. The van der Waals surface area contributed by atoms with Gasteiger partial charge in [-0.1, -0.05) is 0 Å². The second-order valence-corrected chi connectivity index (χ2v) is 7.27. The maximum Gasteiger partial charge on any atom is 0.251 e. The summed E-state index contributed by atoms with van der Waals surface area (Å²) in [7, 11) is -3.44. The summed E-state index contributed by atoms with van der Waals surface area (Å²) in [6.45, 7) is 3.87. The molecule has 4 nitrogen and oxygen atoms in total. The van der Waals surface area contributed by atoms with Gasteiger partial charge in [-0.05, 0) is 35.8 Å². The minimum atomic E-state index is -3.44. The van der Waals surface area contributed by atoms with Gasteiger partial charge in [0.1, 0.15) is 4.21 Å². The van der Waals surface area contributed by atoms with Crippen LogP contribution in [0.3, 0.4) is 0 Å². The minimum Gasteiger partial charge on any atom is -0.329 e. The molecule has 0 aliphatic heterocycles. The first kappa shape index (κ1) is 16.3. The van der Waals surface area contributed by atoms with Gasteiger partial charge in [0.15, 0.2) is 0 Å². The zero-order valence-corrected chi connectivity index (χ0v) is 12.9. The predicted molar refractivity (Wildman–Crippen MR) is 72.8 cm³/mol. The van der Waals surface area contributed by atoms with Crippen LogP contribution in [0.15, 0.2) is 14.7 Å². The summed E-state index contributed by atoms with van der Waals surface area (Å²) in [5.41, 5.74) is 5.37. The number of nitrogens with two attached hydrogens (primary N) is 1. The van der Waals surface area contributed by atoms with Crippen LogP contribution in [-0.4, -0.2) is 21.0 Å². The Balaban J connectivity index is 0.00000225. The van der Waals surface area contributed by atoms with Crippen LogP contribution in [0.1, 0.15) is 11.8 Å². The van der Waals surface area contributed by atoms with E-state index in [0.29, 0.717) is 8.68 Å². The average molecular weight is 350 g/mol. The lowest BCUT2D eigenvalue weighted by molar-refractivity contribution is 0.564. The van der Waals surface area contributed by atoms with E-state index < -0.39 is 10.0 Å². The summed E-state index contributed by atoms with van der Waals surface area (Å²) in [5.74, 6) is 0. The fraction of sp³-hybridized carbons (Fsp3) is 0.500. The summed E-state index contributed by atoms with van der Waals surface area (Å²) >= 11 is 4.46. The molecule has 0 aliphatic carbocycles. The van der Waals surface area contributed by atoms with Crippen LogP contribution in [0.4, 0.5) is 0 Å².